The van der Waals surface area contributed by atoms with Crippen LogP contribution in [0.15, 0.2) is 12.7 Å². The summed E-state index contributed by atoms with van der Waals surface area (Å²) in [5.41, 5.74) is -1.53. The Bertz CT molecular complexity index is 312. The molecular weight excluding hydrogens is 176 g/mol. The Morgan fingerprint density at radius 2 is 2.07 bits per heavy atom. The fourth-order valence-electron chi connectivity index (χ4n) is 3.23. The number of carbonyl (C=O) groups is 1. The molecule has 2 nitrogen and oxygen atoms in total. The zero-order valence-electron chi connectivity index (χ0n) is 9.13. The van der Waals surface area contributed by atoms with Crippen molar-refractivity contribution < 1.29 is 9.90 Å². The van der Waals surface area contributed by atoms with Gasteiger partial charge in [-0.15, -0.1) is 6.58 Å². The molecule has 0 aromatic heterocycles. The largest absolute Gasteiger partial charge is 0.385 e. The van der Waals surface area contributed by atoms with Crippen LogP contribution in [0.3, 0.4) is 0 Å². The van der Waals surface area contributed by atoms with Gasteiger partial charge in [-0.05, 0) is 6.42 Å². The molecular formula is C12H18O2. The molecule has 0 aliphatic heterocycles. The Labute approximate surface area is 85.0 Å². The van der Waals surface area contributed by atoms with Crippen LogP contribution >= 0.6 is 0 Å². The van der Waals surface area contributed by atoms with E-state index in [0.29, 0.717) is 12.2 Å². The van der Waals surface area contributed by atoms with Crippen molar-refractivity contribution in [2.75, 3.05) is 0 Å². The average molecular weight is 194 g/mol. The summed E-state index contributed by atoms with van der Waals surface area (Å²) in [6.45, 7) is 9.64. The van der Waals surface area contributed by atoms with Crippen LogP contribution in [-0.4, -0.2) is 16.5 Å². The second kappa shape index (κ2) is 2.30. The molecule has 0 unspecified atom stereocenters. The minimum absolute atomic E-state index is 0.0681. The molecule has 0 saturated heterocycles. The summed E-state index contributed by atoms with van der Waals surface area (Å²) in [5.74, 6) is 0.377. The van der Waals surface area contributed by atoms with Crippen molar-refractivity contribution in [2.45, 2.75) is 39.2 Å². The molecule has 0 heterocycles. The van der Waals surface area contributed by atoms with E-state index in [4.69, 9.17) is 0 Å². The minimum atomic E-state index is -0.890. The van der Waals surface area contributed by atoms with E-state index >= 15 is 0 Å². The maximum atomic E-state index is 11.7. The van der Waals surface area contributed by atoms with E-state index in [1.165, 1.54) is 0 Å². The Kier molecular flexibility index (Phi) is 1.63. The van der Waals surface area contributed by atoms with Crippen LogP contribution in [-0.2, 0) is 4.79 Å². The Morgan fingerprint density at radius 3 is 2.57 bits per heavy atom. The lowest BCUT2D eigenvalue weighted by atomic mass is 9.59. The van der Waals surface area contributed by atoms with Crippen molar-refractivity contribution in [3.63, 3.8) is 0 Å². The maximum Gasteiger partial charge on any atom is 0.137 e. The second-order valence-electron chi connectivity index (χ2n) is 5.67. The molecule has 2 saturated carbocycles. The third-order valence-electron chi connectivity index (χ3n) is 4.44. The fourth-order valence-corrected chi connectivity index (χ4v) is 3.23. The van der Waals surface area contributed by atoms with Crippen molar-refractivity contribution in [3.05, 3.63) is 12.7 Å². The molecule has 0 amide bonds. The molecule has 0 bridgehead atoms. The van der Waals surface area contributed by atoms with Crippen molar-refractivity contribution in [3.8, 4) is 0 Å². The van der Waals surface area contributed by atoms with Crippen molar-refractivity contribution >= 4 is 5.78 Å². The second-order valence-corrected chi connectivity index (χ2v) is 5.67. The average Bonchev–Trinajstić information content (AvgIpc) is 2.76. The van der Waals surface area contributed by atoms with Crippen LogP contribution in [0.1, 0.15) is 33.6 Å². The first kappa shape index (κ1) is 9.91. The number of Topliss-reactive ketones (excluding diaryl/α,β-unsaturated/α-hetero) is 1. The van der Waals surface area contributed by atoms with E-state index in [-0.39, 0.29) is 16.7 Å². The van der Waals surface area contributed by atoms with E-state index in [2.05, 4.69) is 6.58 Å². The van der Waals surface area contributed by atoms with Crippen LogP contribution in [0.4, 0.5) is 0 Å². The zero-order chi connectivity index (χ0) is 10.8. The maximum absolute atomic E-state index is 11.7. The van der Waals surface area contributed by atoms with Crippen LogP contribution in [0.25, 0.3) is 0 Å². The van der Waals surface area contributed by atoms with Gasteiger partial charge in [-0.25, -0.2) is 0 Å². The molecule has 0 radical (unpaired) electrons. The lowest BCUT2D eigenvalue weighted by Gasteiger charge is -2.48. The van der Waals surface area contributed by atoms with Crippen molar-refractivity contribution in [1.82, 2.24) is 0 Å². The van der Waals surface area contributed by atoms with Crippen LogP contribution in [0.2, 0.25) is 0 Å². The summed E-state index contributed by atoms with van der Waals surface area (Å²) < 4.78 is 0. The number of hydrogen-bond acceptors (Lipinski definition) is 2. The molecule has 0 aromatic carbocycles. The normalized spacial score (nSPS) is 49.7. The standard InChI is InChI=1S/C12H18O2/c1-5-12(14)10(2,3)7-9(13)8-6-11(8,12)4/h5,8,14H,1,6-7H2,2-4H3/t8-,11-,12+/m1/s1. The highest BCUT2D eigenvalue weighted by Crippen LogP contribution is 2.69. The Morgan fingerprint density at radius 1 is 1.50 bits per heavy atom. The van der Waals surface area contributed by atoms with E-state index < -0.39 is 5.60 Å². The van der Waals surface area contributed by atoms with E-state index in [1.807, 2.05) is 20.8 Å². The zero-order valence-corrected chi connectivity index (χ0v) is 9.13. The molecule has 2 fully saturated rings. The third-order valence-corrected chi connectivity index (χ3v) is 4.44. The molecule has 0 spiro atoms. The van der Waals surface area contributed by atoms with Gasteiger partial charge in [0.25, 0.3) is 0 Å². The predicted octanol–water partition coefficient (Wildman–Crippen LogP) is 1.93. The van der Waals surface area contributed by atoms with Gasteiger partial charge in [0.1, 0.15) is 5.78 Å². The van der Waals surface area contributed by atoms with Gasteiger partial charge in [-0.3, -0.25) is 4.79 Å². The summed E-state index contributed by atoms with van der Waals surface area (Å²) in [5, 5.41) is 10.6. The monoisotopic (exact) mass is 194 g/mol. The highest BCUT2D eigenvalue weighted by atomic mass is 16.3. The van der Waals surface area contributed by atoms with Gasteiger partial charge in [-0.2, -0.15) is 0 Å². The number of aliphatic hydroxyl groups is 1. The number of fused-ring (bicyclic) bond motifs is 1. The molecule has 2 aliphatic rings. The summed E-state index contributed by atoms with van der Waals surface area (Å²) in [6.07, 6.45) is 2.92. The first-order chi connectivity index (χ1) is 6.28. The number of ketones is 1. The third kappa shape index (κ3) is 0.830. The van der Waals surface area contributed by atoms with Gasteiger partial charge in [0.05, 0.1) is 5.60 Å². The van der Waals surface area contributed by atoms with Gasteiger partial charge in [0.2, 0.25) is 0 Å². The van der Waals surface area contributed by atoms with Crippen molar-refractivity contribution in [1.29, 1.82) is 0 Å². The highest BCUT2D eigenvalue weighted by molar-refractivity contribution is 5.87. The Hall–Kier alpha value is -0.630. The number of rotatable bonds is 1. The van der Waals surface area contributed by atoms with Crippen LogP contribution in [0.5, 0.6) is 0 Å². The van der Waals surface area contributed by atoms with Gasteiger partial charge < -0.3 is 5.11 Å². The molecule has 0 aromatic rings. The van der Waals surface area contributed by atoms with E-state index in [1.54, 1.807) is 6.08 Å². The SMILES string of the molecule is C=C[C@]1(O)C(C)(C)CC(=O)[C@H]2C[C@]21C. The van der Waals surface area contributed by atoms with Gasteiger partial charge in [0.15, 0.2) is 0 Å². The molecule has 14 heavy (non-hydrogen) atoms. The Balaban J connectivity index is 2.48. The minimum Gasteiger partial charge on any atom is -0.385 e. The number of carbonyl (C=O) groups excluding carboxylic acids is 1. The molecule has 2 rings (SSSR count). The predicted molar refractivity (Wildman–Crippen MR) is 54.8 cm³/mol. The first-order valence-corrected chi connectivity index (χ1v) is 5.17. The van der Waals surface area contributed by atoms with Crippen LogP contribution in [0, 0.1) is 16.7 Å². The lowest BCUT2D eigenvalue weighted by molar-refractivity contribution is -0.144. The lowest BCUT2D eigenvalue weighted by Crippen LogP contribution is -2.54. The van der Waals surface area contributed by atoms with Gasteiger partial charge >= 0.3 is 0 Å². The molecule has 2 aliphatic carbocycles. The first-order valence-electron chi connectivity index (χ1n) is 5.17. The summed E-state index contributed by atoms with van der Waals surface area (Å²) in [7, 11) is 0. The molecule has 2 heteroatoms. The highest BCUT2D eigenvalue weighted by Gasteiger charge is 2.72. The molecule has 1 N–H and O–H groups in total. The van der Waals surface area contributed by atoms with Crippen molar-refractivity contribution in [2.24, 2.45) is 16.7 Å². The summed E-state index contributed by atoms with van der Waals surface area (Å²) in [6, 6.07) is 0. The fraction of sp³-hybridized carbons (Fsp3) is 0.750. The van der Waals surface area contributed by atoms with Gasteiger partial charge in [-0.1, -0.05) is 26.8 Å². The quantitative estimate of drug-likeness (QED) is 0.648. The summed E-state index contributed by atoms with van der Waals surface area (Å²) >= 11 is 0. The summed E-state index contributed by atoms with van der Waals surface area (Å²) in [4.78, 5) is 11.7. The van der Waals surface area contributed by atoms with E-state index in [0.717, 1.165) is 6.42 Å². The molecule has 78 valence electrons. The van der Waals surface area contributed by atoms with Gasteiger partial charge in [0, 0.05) is 23.2 Å². The molecule has 3 atom stereocenters. The van der Waals surface area contributed by atoms with Crippen LogP contribution < -0.4 is 0 Å². The van der Waals surface area contributed by atoms with E-state index in [9.17, 15) is 9.90 Å². The topological polar surface area (TPSA) is 37.3 Å². The smallest absolute Gasteiger partial charge is 0.137 e. The number of hydrogen-bond donors (Lipinski definition) is 1.